The molecule has 0 aliphatic carbocycles. The minimum absolute atomic E-state index is 0.0580. The molecule has 1 fully saturated rings. The second kappa shape index (κ2) is 10.6. The Labute approximate surface area is 206 Å². The topological polar surface area (TPSA) is 130 Å². The maximum atomic E-state index is 12.7. The molecule has 0 atom stereocenters. The molecule has 1 amide bonds. The number of hydrogen-bond acceptors (Lipinski definition) is 8. The Morgan fingerprint density at radius 2 is 1.94 bits per heavy atom. The lowest BCUT2D eigenvalue weighted by molar-refractivity contribution is -0.384. The number of anilines is 2. The van der Waals surface area contributed by atoms with E-state index < -0.39 is 10.8 Å². The van der Waals surface area contributed by atoms with Crippen LogP contribution in [0.3, 0.4) is 0 Å². The molecule has 2 heterocycles. The largest absolute Gasteiger partial charge is 0.459 e. The van der Waals surface area contributed by atoms with Crippen molar-refractivity contribution in [2.45, 2.75) is 13.5 Å². The Hall–Kier alpha value is -3.80. The summed E-state index contributed by atoms with van der Waals surface area (Å²) in [5.41, 5.74) is 2.84. The average Bonchev–Trinajstić information content (AvgIpc) is 3.33. The van der Waals surface area contributed by atoms with Crippen molar-refractivity contribution in [3.8, 4) is 11.3 Å². The smallest absolute Gasteiger partial charge is 0.293 e. The number of ether oxygens (including phenoxy) is 1. The van der Waals surface area contributed by atoms with Gasteiger partial charge in [0.05, 0.1) is 18.1 Å². The number of amides is 1. The zero-order valence-corrected chi connectivity index (χ0v) is 19.8. The third-order valence-corrected chi connectivity index (χ3v) is 5.78. The summed E-state index contributed by atoms with van der Waals surface area (Å²) in [4.78, 5) is 25.7. The van der Waals surface area contributed by atoms with E-state index in [4.69, 9.17) is 21.4 Å². The van der Waals surface area contributed by atoms with Gasteiger partial charge in [0.1, 0.15) is 23.8 Å². The highest BCUT2D eigenvalue weighted by atomic mass is 32.1. The van der Waals surface area contributed by atoms with E-state index in [1.165, 1.54) is 6.07 Å². The average molecular weight is 497 g/mol. The summed E-state index contributed by atoms with van der Waals surface area (Å²) in [6.45, 7) is 3.79. The number of nitrogens with zero attached hydrogens (tertiary/aromatic N) is 2. The number of nitro benzene ring substituents is 1. The number of benzene rings is 2. The molecule has 2 aromatic carbocycles. The van der Waals surface area contributed by atoms with E-state index in [1.807, 2.05) is 24.0 Å². The number of carbonyl (C=O) groups is 1. The predicted octanol–water partition coefficient (Wildman–Crippen LogP) is 3.62. The summed E-state index contributed by atoms with van der Waals surface area (Å²) in [6.07, 6.45) is 0. The first-order valence-electron chi connectivity index (χ1n) is 10.9. The molecule has 1 aliphatic heterocycles. The number of nitrogens with one attached hydrogen (secondary N) is 2. The Kier molecular flexibility index (Phi) is 7.39. The number of carbonyl (C=O) groups excluding carboxylic acids is 1. The van der Waals surface area contributed by atoms with Gasteiger partial charge in [-0.2, -0.15) is 0 Å². The van der Waals surface area contributed by atoms with Gasteiger partial charge in [0.15, 0.2) is 5.11 Å². The zero-order chi connectivity index (χ0) is 24.9. The molecule has 3 aromatic rings. The van der Waals surface area contributed by atoms with Gasteiger partial charge in [-0.05, 0) is 67.2 Å². The van der Waals surface area contributed by atoms with Crippen LogP contribution in [0.25, 0.3) is 11.3 Å². The summed E-state index contributed by atoms with van der Waals surface area (Å²) < 4.78 is 10.9. The molecule has 0 radical (unpaired) electrons. The van der Waals surface area contributed by atoms with Gasteiger partial charge in [0, 0.05) is 36.0 Å². The maximum absolute atomic E-state index is 12.7. The Bertz CT molecular complexity index is 1270. The van der Waals surface area contributed by atoms with E-state index in [-0.39, 0.29) is 23.0 Å². The van der Waals surface area contributed by atoms with Gasteiger partial charge in [-0.1, -0.05) is 0 Å². The van der Waals surface area contributed by atoms with Crippen molar-refractivity contribution in [1.82, 2.24) is 5.32 Å². The second-order valence-electron chi connectivity index (χ2n) is 7.92. The molecule has 3 N–H and O–H groups in total. The van der Waals surface area contributed by atoms with Crippen LogP contribution in [0.4, 0.5) is 17.1 Å². The molecule has 10 nitrogen and oxygen atoms in total. The first kappa shape index (κ1) is 24.3. The highest BCUT2D eigenvalue weighted by Gasteiger charge is 2.23. The van der Waals surface area contributed by atoms with Crippen LogP contribution in [0.15, 0.2) is 52.9 Å². The summed E-state index contributed by atoms with van der Waals surface area (Å²) in [5, 5.41) is 26.4. The Balaban J connectivity index is 1.43. The van der Waals surface area contributed by atoms with Crippen molar-refractivity contribution in [3.05, 3.63) is 75.5 Å². The van der Waals surface area contributed by atoms with E-state index in [0.717, 1.165) is 11.1 Å². The van der Waals surface area contributed by atoms with Gasteiger partial charge in [0.2, 0.25) is 0 Å². The second-order valence-corrected chi connectivity index (χ2v) is 8.33. The molecule has 1 saturated heterocycles. The normalized spacial score (nSPS) is 13.4. The van der Waals surface area contributed by atoms with Crippen molar-refractivity contribution in [2.24, 2.45) is 0 Å². The highest BCUT2D eigenvalue weighted by molar-refractivity contribution is 7.80. The molecule has 0 bridgehead atoms. The van der Waals surface area contributed by atoms with E-state index in [0.29, 0.717) is 49.2 Å². The lowest BCUT2D eigenvalue weighted by atomic mass is 10.1. The van der Waals surface area contributed by atoms with Crippen LogP contribution in [0.2, 0.25) is 0 Å². The number of furan rings is 1. The molecular weight excluding hydrogens is 472 g/mol. The first-order chi connectivity index (χ1) is 16.9. The summed E-state index contributed by atoms with van der Waals surface area (Å²) >= 11 is 5.27. The van der Waals surface area contributed by atoms with Crippen molar-refractivity contribution >= 4 is 40.3 Å². The van der Waals surface area contributed by atoms with Crippen molar-refractivity contribution < 1.29 is 24.0 Å². The maximum Gasteiger partial charge on any atom is 0.293 e. The molecule has 1 aromatic heterocycles. The van der Waals surface area contributed by atoms with Gasteiger partial charge in [0.25, 0.3) is 11.6 Å². The molecule has 182 valence electrons. The Morgan fingerprint density at radius 3 is 2.60 bits per heavy atom. The molecule has 0 spiro atoms. The molecule has 0 saturated carbocycles. The van der Waals surface area contributed by atoms with Crippen LogP contribution in [0.1, 0.15) is 21.7 Å². The quantitative estimate of drug-likeness (QED) is 0.266. The fourth-order valence-corrected chi connectivity index (χ4v) is 4.06. The molecule has 4 rings (SSSR count). The number of hydrogen-bond donors (Lipinski definition) is 3. The molecule has 35 heavy (non-hydrogen) atoms. The van der Waals surface area contributed by atoms with Crippen LogP contribution < -0.4 is 15.5 Å². The van der Waals surface area contributed by atoms with Crippen LogP contribution in [-0.2, 0) is 11.3 Å². The van der Waals surface area contributed by atoms with Crippen LogP contribution in [0.5, 0.6) is 0 Å². The lowest BCUT2D eigenvalue weighted by Crippen LogP contribution is -2.37. The summed E-state index contributed by atoms with van der Waals surface area (Å²) in [7, 11) is 0. The molecular formula is C24H24N4O6S. The van der Waals surface area contributed by atoms with Crippen molar-refractivity contribution in [1.29, 1.82) is 0 Å². The van der Waals surface area contributed by atoms with Gasteiger partial charge < -0.3 is 24.5 Å². The fourth-order valence-electron chi connectivity index (χ4n) is 3.85. The van der Waals surface area contributed by atoms with E-state index in [1.54, 1.807) is 30.3 Å². The third kappa shape index (κ3) is 5.65. The van der Waals surface area contributed by atoms with Gasteiger partial charge in [-0.15, -0.1) is 0 Å². The van der Waals surface area contributed by atoms with Gasteiger partial charge in [-0.3, -0.25) is 20.2 Å². The van der Waals surface area contributed by atoms with Gasteiger partial charge >= 0.3 is 0 Å². The monoisotopic (exact) mass is 496 g/mol. The highest BCUT2D eigenvalue weighted by Crippen LogP contribution is 2.30. The van der Waals surface area contributed by atoms with E-state index >= 15 is 0 Å². The van der Waals surface area contributed by atoms with Crippen LogP contribution in [0, 0.1) is 17.0 Å². The standard InChI is InChI=1S/C24H24N4O6S/c1-15-12-17(3-5-19(15)22-7-4-18(14-29)34-22)25-24(35)26-23(30)16-2-6-20(21(13-16)28(31)32)27-8-10-33-11-9-27/h2-7,12-13,29H,8-11,14H2,1H3,(H2,25,26,30,35). The molecule has 11 heteroatoms. The van der Waals surface area contributed by atoms with E-state index in [9.17, 15) is 20.0 Å². The minimum Gasteiger partial charge on any atom is -0.459 e. The zero-order valence-electron chi connectivity index (χ0n) is 18.9. The predicted molar refractivity (Wildman–Crippen MR) is 135 cm³/mol. The summed E-state index contributed by atoms with van der Waals surface area (Å²) in [5.74, 6) is 0.555. The van der Waals surface area contributed by atoms with E-state index in [2.05, 4.69) is 10.6 Å². The third-order valence-electron chi connectivity index (χ3n) is 5.58. The molecule has 1 aliphatic rings. The fraction of sp³-hybridized carbons (Fsp3) is 0.250. The number of nitro groups is 1. The lowest BCUT2D eigenvalue weighted by Gasteiger charge is -2.28. The SMILES string of the molecule is Cc1cc(NC(=S)NC(=O)c2ccc(N3CCOCC3)c([N+](=O)[O-])c2)ccc1-c1ccc(CO)o1. The number of thiocarbonyl (C=S) groups is 1. The number of aryl methyl sites for hydroxylation is 1. The number of aliphatic hydroxyl groups is 1. The molecule has 0 unspecified atom stereocenters. The Morgan fingerprint density at radius 1 is 1.17 bits per heavy atom. The number of rotatable bonds is 6. The number of aliphatic hydroxyl groups excluding tert-OH is 1. The number of morpholine rings is 1. The van der Waals surface area contributed by atoms with Gasteiger partial charge in [-0.25, -0.2) is 0 Å². The van der Waals surface area contributed by atoms with Crippen LogP contribution >= 0.6 is 12.2 Å². The van der Waals surface area contributed by atoms with Crippen molar-refractivity contribution in [2.75, 3.05) is 36.5 Å². The van der Waals surface area contributed by atoms with Crippen molar-refractivity contribution in [3.63, 3.8) is 0 Å². The minimum atomic E-state index is -0.556. The summed E-state index contributed by atoms with van der Waals surface area (Å²) in [6, 6.07) is 13.3. The van der Waals surface area contributed by atoms with Crippen LogP contribution in [-0.4, -0.2) is 47.4 Å². The first-order valence-corrected chi connectivity index (χ1v) is 11.3.